The fourth-order valence-corrected chi connectivity index (χ4v) is 2.84. The SMILES string of the molecule is O=C(CNS(=O)(=O)c1ccc(Br)cc1)c1ccc(F)cc1. The number of hydrogen-bond acceptors (Lipinski definition) is 3. The molecule has 0 bridgehead atoms. The zero-order chi connectivity index (χ0) is 15.5. The van der Waals surface area contributed by atoms with Gasteiger partial charge in [0.25, 0.3) is 0 Å². The maximum Gasteiger partial charge on any atom is 0.240 e. The molecule has 21 heavy (non-hydrogen) atoms. The van der Waals surface area contributed by atoms with Crippen LogP contribution in [0.1, 0.15) is 10.4 Å². The van der Waals surface area contributed by atoms with Crippen molar-refractivity contribution in [3.63, 3.8) is 0 Å². The van der Waals surface area contributed by atoms with E-state index in [0.717, 1.165) is 16.6 Å². The highest BCUT2D eigenvalue weighted by molar-refractivity contribution is 9.10. The number of hydrogen-bond donors (Lipinski definition) is 1. The van der Waals surface area contributed by atoms with E-state index >= 15 is 0 Å². The van der Waals surface area contributed by atoms with Crippen LogP contribution >= 0.6 is 15.9 Å². The number of carbonyl (C=O) groups is 1. The molecule has 0 aliphatic carbocycles. The van der Waals surface area contributed by atoms with E-state index in [0.29, 0.717) is 0 Å². The van der Waals surface area contributed by atoms with E-state index in [4.69, 9.17) is 0 Å². The normalized spacial score (nSPS) is 11.3. The summed E-state index contributed by atoms with van der Waals surface area (Å²) >= 11 is 3.21. The minimum atomic E-state index is -3.75. The smallest absolute Gasteiger partial charge is 0.240 e. The van der Waals surface area contributed by atoms with Gasteiger partial charge in [0, 0.05) is 10.0 Å². The predicted octanol–water partition coefficient (Wildman–Crippen LogP) is 2.75. The van der Waals surface area contributed by atoms with Crippen molar-refractivity contribution in [1.29, 1.82) is 0 Å². The minimum Gasteiger partial charge on any atom is -0.293 e. The van der Waals surface area contributed by atoms with E-state index in [9.17, 15) is 17.6 Å². The van der Waals surface area contributed by atoms with Crippen LogP contribution in [0.15, 0.2) is 57.9 Å². The Hall–Kier alpha value is -1.57. The Balaban J connectivity index is 2.06. The van der Waals surface area contributed by atoms with Crippen molar-refractivity contribution >= 4 is 31.7 Å². The molecule has 2 rings (SSSR count). The lowest BCUT2D eigenvalue weighted by molar-refractivity contribution is 0.0997. The maximum atomic E-state index is 12.8. The van der Waals surface area contributed by atoms with Crippen molar-refractivity contribution in [3.8, 4) is 0 Å². The number of benzene rings is 2. The van der Waals surface area contributed by atoms with Gasteiger partial charge >= 0.3 is 0 Å². The minimum absolute atomic E-state index is 0.0672. The summed E-state index contributed by atoms with van der Waals surface area (Å²) < 4.78 is 39.7. The molecule has 110 valence electrons. The topological polar surface area (TPSA) is 63.2 Å². The number of rotatable bonds is 5. The summed E-state index contributed by atoms with van der Waals surface area (Å²) in [6, 6.07) is 11.0. The van der Waals surface area contributed by atoms with Crippen LogP contribution in [-0.2, 0) is 10.0 Å². The molecule has 0 saturated carbocycles. The van der Waals surface area contributed by atoms with Crippen LogP contribution in [-0.4, -0.2) is 20.7 Å². The monoisotopic (exact) mass is 371 g/mol. The van der Waals surface area contributed by atoms with Gasteiger partial charge in [0.15, 0.2) is 5.78 Å². The lowest BCUT2D eigenvalue weighted by atomic mass is 10.1. The first-order valence-corrected chi connectivity index (χ1v) is 8.20. The quantitative estimate of drug-likeness (QED) is 0.821. The number of ketones is 1. The van der Waals surface area contributed by atoms with Crippen LogP contribution in [0, 0.1) is 5.82 Å². The Kier molecular flexibility index (Phi) is 4.87. The summed E-state index contributed by atoms with van der Waals surface area (Å²) in [6.07, 6.45) is 0. The Morgan fingerprint density at radius 2 is 1.62 bits per heavy atom. The Morgan fingerprint density at radius 1 is 1.05 bits per heavy atom. The highest BCUT2D eigenvalue weighted by Crippen LogP contribution is 2.14. The highest BCUT2D eigenvalue weighted by atomic mass is 79.9. The number of Topliss-reactive ketones (excluding diaryl/α,β-unsaturated/α-hetero) is 1. The van der Waals surface area contributed by atoms with Gasteiger partial charge in [0.1, 0.15) is 5.82 Å². The third kappa shape index (κ3) is 4.20. The van der Waals surface area contributed by atoms with E-state index in [1.54, 1.807) is 12.1 Å². The molecule has 0 spiro atoms. The highest BCUT2D eigenvalue weighted by Gasteiger charge is 2.16. The summed E-state index contributed by atoms with van der Waals surface area (Å²) in [5.74, 6) is -0.891. The molecule has 7 heteroatoms. The molecule has 0 saturated heterocycles. The molecule has 0 aliphatic rings. The first kappa shape index (κ1) is 15.8. The van der Waals surface area contributed by atoms with Gasteiger partial charge in [-0.25, -0.2) is 17.5 Å². The molecule has 2 aromatic carbocycles. The van der Waals surface area contributed by atoms with E-state index in [-0.39, 0.29) is 17.0 Å². The molecule has 0 aliphatic heterocycles. The van der Waals surface area contributed by atoms with Crippen LogP contribution in [0.4, 0.5) is 4.39 Å². The summed E-state index contributed by atoms with van der Waals surface area (Å²) in [4.78, 5) is 11.9. The van der Waals surface area contributed by atoms with Gasteiger partial charge in [-0.05, 0) is 48.5 Å². The third-order valence-electron chi connectivity index (χ3n) is 2.71. The van der Waals surface area contributed by atoms with Crippen molar-refractivity contribution in [2.75, 3.05) is 6.54 Å². The second-order valence-electron chi connectivity index (χ2n) is 4.21. The van der Waals surface area contributed by atoms with Crippen molar-refractivity contribution in [2.24, 2.45) is 0 Å². The van der Waals surface area contributed by atoms with Crippen LogP contribution in [0.2, 0.25) is 0 Å². The Labute approximate surface area is 130 Å². The summed E-state index contributed by atoms with van der Waals surface area (Å²) in [6.45, 7) is -0.385. The molecular weight excluding hydrogens is 361 g/mol. The summed E-state index contributed by atoms with van der Waals surface area (Å²) in [7, 11) is -3.75. The molecule has 0 atom stereocenters. The average molecular weight is 372 g/mol. The first-order chi connectivity index (χ1) is 9.88. The van der Waals surface area contributed by atoms with Crippen molar-refractivity contribution in [1.82, 2.24) is 4.72 Å². The lowest BCUT2D eigenvalue weighted by Gasteiger charge is -2.06. The van der Waals surface area contributed by atoms with Crippen LogP contribution in [0.25, 0.3) is 0 Å². The second kappa shape index (κ2) is 6.46. The molecular formula is C14H11BrFNO3S. The molecule has 0 unspecified atom stereocenters. The first-order valence-electron chi connectivity index (χ1n) is 5.92. The van der Waals surface area contributed by atoms with Gasteiger partial charge in [-0.15, -0.1) is 0 Å². The van der Waals surface area contributed by atoms with Gasteiger partial charge in [-0.2, -0.15) is 0 Å². The van der Waals surface area contributed by atoms with E-state index < -0.39 is 21.6 Å². The van der Waals surface area contributed by atoms with Gasteiger partial charge in [-0.1, -0.05) is 15.9 Å². The lowest BCUT2D eigenvalue weighted by Crippen LogP contribution is -2.29. The van der Waals surface area contributed by atoms with Gasteiger partial charge in [0.2, 0.25) is 10.0 Å². The van der Waals surface area contributed by atoms with E-state index in [1.807, 2.05) is 0 Å². The maximum absolute atomic E-state index is 12.8. The van der Waals surface area contributed by atoms with Crippen LogP contribution in [0.5, 0.6) is 0 Å². The summed E-state index contributed by atoms with van der Waals surface area (Å²) in [5, 5.41) is 0. The van der Waals surface area contributed by atoms with Crippen molar-refractivity contribution in [3.05, 3.63) is 64.4 Å². The number of carbonyl (C=O) groups excluding carboxylic acids is 1. The number of sulfonamides is 1. The Bertz CT molecular complexity index is 743. The fraction of sp³-hybridized carbons (Fsp3) is 0.0714. The third-order valence-corrected chi connectivity index (χ3v) is 4.66. The zero-order valence-electron chi connectivity index (χ0n) is 10.7. The van der Waals surface area contributed by atoms with Gasteiger partial charge < -0.3 is 0 Å². The molecule has 4 nitrogen and oxygen atoms in total. The molecule has 1 N–H and O–H groups in total. The van der Waals surface area contributed by atoms with Crippen molar-refractivity contribution < 1.29 is 17.6 Å². The second-order valence-corrected chi connectivity index (χ2v) is 6.89. The number of halogens is 2. The average Bonchev–Trinajstić information content (AvgIpc) is 2.46. The molecule has 0 fully saturated rings. The zero-order valence-corrected chi connectivity index (χ0v) is 13.1. The fourth-order valence-electron chi connectivity index (χ4n) is 1.60. The van der Waals surface area contributed by atoms with Gasteiger partial charge in [-0.3, -0.25) is 4.79 Å². The molecule has 0 aromatic heterocycles. The number of nitrogens with one attached hydrogen (secondary N) is 1. The van der Waals surface area contributed by atoms with E-state index in [1.165, 1.54) is 24.3 Å². The van der Waals surface area contributed by atoms with Crippen molar-refractivity contribution in [2.45, 2.75) is 4.90 Å². The summed E-state index contributed by atoms with van der Waals surface area (Å²) in [5.41, 5.74) is 0.245. The predicted molar refractivity (Wildman–Crippen MR) is 80.1 cm³/mol. The standard InChI is InChI=1S/C14H11BrFNO3S/c15-11-3-7-13(8-4-11)21(19,20)17-9-14(18)10-1-5-12(16)6-2-10/h1-8,17H,9H2. The van der Waals surface area contributed by atoms with Crippen LogP contribution < -0.4 is 4.72 Å². The molecule has 2 aromatic rings. The molecule has 0 amide bonds. The van der Waals surface area contributed by atoms with E-state index in [2.05, 4.69) is 20.7 Å². The largest absolute Gasteiger partial charge is 0.293 e. The Morgan fingerprint density at radius 3 is 2.19 bits per heavy atom. The van der Waals surface area contributed by atoms with Gasteiger partial charge in [0.05, 0.1) is 11.4 Å². The van der Waals surface area contributed by atoms with Crippen LogP contribution in [0.3, 0.4) is 0 Å². The molecule has 0 radical (unpaired) electrons. The molecule has 0 heterocycles.